The number of aromatic nitrogens is 5. The minimum atomic E-state index is -0.375. The van der Waals surface area contributed by atoms with Crippen LogP contribution >= 0.6 is 11.3 Å². The molecule has 0 aliphatic heterocycles. The topological polar surface area (TPSA) is 85.6 Å². The van der Waals surface area contributed by atoms with E-state index >= 15 is 0 Å². The average Bonchev–Trinajstić information content (AvgIpc) is 3.38. The molecule has 2 aromatic heterocycles. The number of benzene rings is 2. The monoisotopic (exact) mass is 394 g/mol. The maximum atomic E-state index is 14.0. The summed E-state index contributed by atoms with van der Waals surface area (Å²) in [6.07, 6.45) is 2.09. The molecular formula is C19H15FN6OS. The smallest absolute Gasteiger partial charge is 0.267 e. The van der Waals surface area contributed by atoms with Crippen LogP contribution in [0.4, 0.5) is 10.1 Å². The van der Waals surface area contributed by atoms with Gasteiger partial charge in [0.1, 0.15) is 15.7 Å². The van der Waals surface area contributed by atoms with Crippen LogP contribution in [0.3, 0.4) is 0 Å². The Morgan fingerprint density at radius 3 is 2.79 bits per heavy atom. The maximum Gasteiger partial charge on any atom is 0.267 e. The number of tetrazole rings is 1. The summed E-state index contributed by atoms with van der Waals surface area (Å²) in [7, 11) is 0. The van der Waals surface area contributed by atoms with Crippen molar-refractivity contribution in [1.29, 1.82) is 0 Å². The van der Waals surface area contributed by atoms with E-state index in [9.17, 15) is 9.18 Å². The number of thiazole rings is 1. The molecule has 0 saturated carbocycles. The molecule has 0 bridgehead atoms. The molecule has 0 saturated heterocycles. The Kier molecular flexibility index (Phi) is 4.90. The summed E-state index contributed by atoms with van der Waals surface area (Å²) < 4.78 is 15.5. The molecule has 0 aliphatic rings. The van der Waals surface area contributed by atoms with Crippen molar-refractivity contribution >= 4 is 22.9 Å². The van der Waals surface area contributed by atoms with Crippen LogP contribution in [-0.4, -0.2) is 31.1 Å². The zero-order valence-corrected chi connectivity index (χ0v) is 15.7. The van der Waals surface area contributed by atoms with Gasteiger partial charge in [0, 0.05) is 12.0 Å². The van der Waals surface area contributed by atoms with Crippen molar-refractivity contribution in [2.24, 2.45) is 0 Å². The van der Waals surface area contributed by atoms with E-state index < -0.39 is 0 Å². The highest BCUT2D eigenvalue weighted by Crippen LogP contribution is 2.28. The van der Waals surface area contributed by atoms with E-state index in [4.69, 9.17) is 0 Å². The number of aryl methyl sites for hydroxylation is 1. The average molecular weight is 394 g/mol. The molecule has 7 nitrogen and oxygen atoms in total. The third kappa shape index (κ3) is 3.39. The molecule has 1 N–H and O–H groups in total. The molecule has 0 aliphatic carbocycles. The first-order valence-corrected chi connectivity index (χ1v) is 9.37. The van der Waals surface area contributed by atoms with E-state index in [1.807, 2.05) is 25.1 Å². The molecule has 28 heavy (non-hydrogen) atoms. The van der Waals surface area contributed by atoms with Crippen LogP contribution in [0.25, 0.3) is 16.3 Å². The summed E-state index contributed by atoms with van der Waals surface area (Å²) in [4.78, 5) is 17.3. The van der Waals surface area contributed by atoms with Crippen molar-refractivity contribution in [2.45, 2.75) is 13.3 Å². The Labute approximate surface area is 163 Å². The van der Waals surface area contributed by atoms with Gasteiger partial charge in [-0.15, -0.1) is 16.4 Å². The minimum absolute atomic E-state index is 0.335. The first-order valence-electron chi connectivity index (χ1n) is 8.56. The first kappa shape index (κ1) is 17.9. The molecule has 0 radical (unpaired) electrons. The molecule has 2 aromatic carbocycles. The lowest BCUT2D eigenvalue weighted by Gasteiger charge is -2.10. The van der Waals surface area contributed by atoms with Gasteiger partial charge in [-0.2, -0.15) is 4.68 Å². The van der Waals surface area contributed by atoms with Gasteiger partial charge >= 0.3 is 0 Å². The van der Waals surface area contributed by atoms with Crippen molar-refractivity contribution in [3.8, 4) is 16.3 Å². The van der Waals surface area contributed by atoms with Gasteiger partial charge in [-0.25, -0.2) is 9.37 Å². The number of rotatable bonds is 5. The number of carbonyl (C=O) groups excluding carboxylic acids is 1. The van der Waals surface area contributed by atoms with Gasteiger partial charge in [0.15, 0.2) is 5.82 Å². The number of hydrogen-bond donors (Lipinski definition) is 1. The third-order valence-corrected chi connectivity index (χ3v) is 5.09. The summed E-state index contributed by atoms with van der Waals surface area (Å²) in [5.74, 6) is -0.0279. The summed E-state index contributed by atoms with van der Waals surface area (Å²) in [6, 6.07) is 13.6. The normalized spacial score (nSPS) is 10.8. The van der Waals surface area contributed by atoms with E-state index in [0.29, 0.717) is 39.1 Å². The predicted molar refractivity (Wildman–Crippen MR) is 104 cm³/mol. The van der Waals surface area contributed by atoms with E-state index in [1.165, 1.54) is 12.3 Å². The highest BCUT2D eigenvalue weighted by atomic mass is 32.1. The quantitative estimate of drug-likeness (QED) is 0.557. The number of amides is 1. The highest BCUT2D eigenvalue weighted by Gasteiger charge is 2.17. The molecule has 0 unspecified atom stereocenters. The van der Waals surface area contributed by atoms with Gasteiger partial charge in [0.25, 0.3) is 5.91 Å². The maximum absolute atomic E-state index is 14.0. The lowest BCUT2D eigenvalue weighted by atomic mass is 10.2. The number of anilines is 1. The lowest BCUT2D eigenvalue weighted by Crippen LogP contribution is -2.13. The Morgan fingerprint density at radius 1 is 1.18 bits per heavy atom. The molecule has 140 valence electrons. The van der Waals surface area contributed by atoms with Crippen LogP contribution in [0.15, 0.2) is 54.7 Å². The van der Waals surface area contributed by atoms with E-state index in [1.54, 1.807) is 28.9 Å². The van der Waals surface area contributed by atoms with Gasteiger partial charge in [0.2, 0.25) is 0 Å². The highest BCUT2D eigenvalue weighted by molar-refractivity contribution is 7.17. The zero-order chi connectivity index (χ0) is 19.5. The van der Waals surface area contributed by atoms with E-state index in [-0.39, 0.29) is 11.7 Å². The second-order valence-corrected chi connectivity index (χ2v) is 6.87. The van der Waals surface area contributed by atoms with Crippen LogP contribution < -0.4 is 5.32 Å². The molecule has 4 aromatic rings. The fourth-order valence-electron chi connectivity index (χ4n) is 2.70. The molecule has 4 rings (SSSR count). The predicted octanol–water partition coefficient (Wildman–Crippen LogP) is 3.74. The molecule has 0 spiro atoms. The summed E-state index contributed by atoms with van der Waals surface area (Å²) >= 11 is 1.13. The third-order valence-electron chi connectivity index (χ3n) is 4.06. The molecular weight excluding hydrogens is 379 g/mol. The fourth-order valence-corrected chi connectivity index (χ4v) is 3.54. The number of para-hydroxylation sites is 2. The van der Waals surface area contributed by atoms with Gasteiger partial charge in [-0.05, 0) is 34.7 Å². The molecule has 0 fully saturated rings. The molecule has 9 heteroatoms. The van der Waals surface area contributed by atoms with Crippen molar-refractivity contribution in [1.82, 2.24) is 25.2 Å². The number of carbonyl (C=O) groups is 1. The summed E-state index contributed by atoms with van der Waals surface area (Å²) in [6.45, 7) is 1.95. The second-order valence-electron chi connectivity index (χ2n) is 5.84. The Balaban J connectivity index is 1.61. The van der Waals surface area contributed by atoms with Gasteiger partial charge in [0.05, 0.1) is 17.6 Å². The van der Waals surface area contributed by atoms with Crippen LogP contribution in [0.1, 0.15) is 22.4 Å². The number of hydrogen-bond acceptors (Lipinski definition) is 6. The summed E-state index contributed by atoms with van der Waals surface area (Å²) in [5.41, 5.74) is 1.60. The van der Waals surface area contributed by atoms with Gasteiger partial charge in [-0.3, -0.25) is 4.79 Å². The fraction of sp³-hybridized carbons (Fsp3) is 0.105. The zero-order valence-electron chi connectivity index (χ0n) is 14.8. The minimum Gasteiger partial charge on any atom is -0.319 e. The first-order chi connectivity index (χ1) is 13.7. The lowest BCUT2D eigenvalue weighted by molar-refractivity contribution is 0.103. The SMILES string of the molecule is CCc1nnnn1-c1ccccc1NC(=O)c1cnc(-c2ccccc2F)s1. The van der Waals surface area contributed by atoms with Crippen LogP contribution in [0.2, 0.25) is 0 Å². The van der Waals surface area contributed by atoms with E-state index in [0.717, 1.165) is 11.3 Å². The van der Waals surface area contributed by atoms with Crippen molar-refractivity contribution in [2.75, 3.05) is 5.32 Å². The van der Waals surface area contributed by atoms with Crippen LogP contribution in [-0.2, 0) is 6.42 Å². The summed E-state index contributed by atoms with van der Waals surface area (Å²) in [5, 5.41) is 15.0. The molecule has 2 heterocycles. The standard InChI is InChI=1S/C19H15FN6OS/c1-2-17-23-24-25-26(17)15-10-6-5-9-14(15)22-18(27)16-11-21-19(28-16)12-7-3-4-8-13(12)20/h3-11H,2H2,1H3,(H,22,27). The van der Waals surface area contributed by atoms with Crippen molar-refractivity contribution in [3.63, 3.8) is 0 Å². The molecule has 1 amide bonds. The Morgan fingerprint density at radius 2 is 1.96 bits per heavy atom. The van der Waals surface area contributed by atoms with Gasteiger partial charge < -0.3 is 5.32 Å². The van der Waals surface area contributed by atoms with Crippen LogP contribution in [0.5, 0.6) is 0 Å². The number of nitrogens with one attached hydrogen (secondary N) is 1. The second kappa shape index (κ2) is 7.65. The largest absolute Gasteiger partial charge is 0.319 e. The molecule has 0 atom stereocenters. The van der Waals surface area contributed by atoms with Crippen LogP contribution in [0, 0.1) is 5.82 Å². The number of nitrogens with zero attached hydrogens (tertiary/aromatic N) is 5. The van der Waals surface area contributed by atoms with Gasteiger partial charge in [-0.1, -0.05) is 31.2 Å². The van der Waals surface area contributed by atoms with Crippen molar-refractivity contribution < 1.29 is 9.18 Å². The van der Waals surface area contributed by atoms with E-state index in [2.05, 4.69) is 25.8 Å². The van der Waals surface area contributed by atoms with Crippen molar-refractivity contribution in [3.05, 3.63) is 71.2 Å². The Bertz CT molecular complexity index is 1140. The Hall–Kier alpha value is -3.46. The number of halogens is 1.